The van der Waals surface area contributed by atoms with Crippen molar-refractivity contribution in [1.29, 1.82) is 0 Å². The van der Waals surface area contributed by atoms with Crippen LogP contribution in [0.4, 0.5) is 0 Å². The molecule has 1 aliphatic rings. The first-order chi connectivity index (χ1) is 7.38. The minimum Gasteiger partial charge on any atom is -0.307 e. The molecule has 4 heteroatoms. The van der Waals surface area contributed by atoms with Gasteiger partial charge in [-0.25, -0.2) is 4.98 Å². The van der Waals surface area contributed by atoms with E-state index in [0.717, 1.165) is 31.8 Å². The number of terminal acetylenes is 1. The molecule has 0 aliphatic heterocycles. The molecule has 1 aromatic rings. The zero-order chi connectivity index (χ0) is 10.5. The molecule has 80 valence electrons. The van der Waals surface area contributed by atoms with Gasteiger partial charge in [0, 0.05) is 19.0 Å². The molecule has 0 bridgehead atoms. The lowest BCUT2D eigenvalue weighted by molar-refractivity contribution is 0.570. The van der Waals surface area contributed by atoms with Gasteiger partial charge in [-0.05, 0) is 19.3 Å². The Morgan fingerprint density at radius 2 is 2.47 bits per heavy atom. The van der Waals surface area contributed by atoms with Crippen LogP contribution in [0.2, 0.25) is 0 Å². The van der Waals surface area contributed by atoms with Crippen molar-refractivity contribution in [2.45, 2.75) is 44.8 Å². The molecule has 0 atom stereocenters. The van der Waals surface area contributed by atoms with E-state index >= 15 is 0 Å². The monoisotopic (exact) mass is 204 g/mol. The highest BCUT2D eigenvalue weighted by molar-refractivity contribution is 4.87. The molecule has 1 N–H and O–H groups in total. The quantitative estimate of drug-likeness (QED) is 0.554. The molecule has 1 saturated carbocycles. The Kier molecular flexibility index (Phi) is 3.36. The third-order valence-electron chi connectivity index (χ3n) is 2.42. The molecule has 1 aliphatic carbocycles. The molecule has 0 radical (unpaired) electrons. The Morgan fingerprint density at radius 1 is 1.60 bits per heavy atom. The van der Waals surface area contributed by atoms with Gasteiger partial charge >= 0.3 is 0 Å². The summed E-state index contributed by atoms with van der Waals surface area (Å²) in [4.78, 5) is 4.23. The van der Waals surface area contributed by atoms with E-state index < -0.39 is 0 Å². The van der Waals surface area contributed by atoms with Crippen LogP contribution in [-0.4, -0.2) is 20.8 Å². The van der Waals surface area contributed by atoms with Crippen LogP contribution in [0.1, 0.15) is 31.5 Å². The minimum atomic E-state index is 0.707. The molecule has 0 amide bonds. The summed E-state index contributed by atoms with van der Waals surface area (Å²) < 4.78 is 1.86. The number of hydrogen-bond acceptors (Lipinski definition) is 3. The second-order valence-corrected chi connectivity index (χ2v) is 3.89. The zero-order valence-corrected chi connectivity index (χ0v) is 8.82. The van der Waals surface area contributed by atoms with Gasteiger partial charge in [-0.15, -0.1) is 12.3 Å². The third-order valence-corrected chi connectivity index (χ3v) is 2.42. The van der Waals surface area contributed by atoms with Crippen LogP contribution in [0.5, 0.6) is 0 Å². The Labute approximate surface area is 90.1 Å². The first-order valence-electron chi connectivity index (χ1n) is 5.43. The number of unbranched alkanes of at least 4 members (excludes halogenated alkanes) is 1. The minimum absolute atomic E-state index is 0.707. The van der Waals surface area contributed by atoms with Crippen molar-refractivity contribution >= 4 is 0 Å². The van der Waals surface area contributed by atoms with Crippen molar-refractivity contribution < 1.29 is 0 Å². The number of rotatable bonds is 6. The highest BCUT2D eigenvalue weighted by Crippen LogP contribution is 2.18. The first-order valence-corrected chi connectivity index (χ1v) is 5.43. The Hall–Kier alpha value is -1.34. The van der Waals surface area contributed by atoms with Crippen molar-refractivity contribution in [2.24, 2.45) is 0 Å². The summed E-state index contributed by atoms with van der Waals surface area (Å²) in [5, 5.41) is 7.74. The van der Waals surface area contributed by atoms with Gasteiger partial charge in [0.1, 0.15) is 6.33 Å². The predicted molar refractivity (Wildman–Crippen MR) is 58.0 cm³/mol. The number of aromatic nitrogens is 3. The fourth-order valence-electron chi connectivity index (χ4n) is 1.39. The SMILES string of the molecule is C#CCCCn1cnc(CNC2CC2)n1. The van der Waals surface area contributed by atoms with Gasteiger partial charge in [-0.2, -0.15) is 5.10 Å². The normalized spacial score (nSPS) is 15.1. The fraction of sp³-hybridized carbons (Fsp3) is 0.636. The molecular weight excluding hydrogens is 188 g/mol. The second-order valence-electron chi connectivity index (χ2n) is 3.89. The van der Waals surface area contributed by atoms with E-state index in [1.54, 1.807) is 6.33 Å². The topological polar surface area (TPSA) is 42.7 Å². The number of nitrogens with zero attached hydrogens (tertiary/aromatic N) is 3. The van der Waals surface area contributed by atoms with E-state index in [0.29, 0.717) is 6.04 Å². The molecule has 15 heavy (non-hydrogen) atoms. The second kappa shape index (κ2) is 4.94. The molecular formula is C11H16N4. The van der Waals surface area contributed by atoms with Crippen molar-refractivity contribution in [3.63, 3.8) is 0 Å². The summed E-state index contributed by atoms with van der Waals surface area (Å²) in [5.74, 6) is 3.50. The fourth-order valence-corrected chi connectivity index (χ4v) is 1.39. The van der Waals surface area contributed by atoms with Crippen LogP contribution < -0.4 is 5.32 Å². The van der Waals surface area contributed by atoms with Crippen LogP contribution in [-0.2, 0) is 13.1 Å². The molecule has 0 saturated heterocycles. The largest absolute Gasteiger partial charge is 0.307 e. The summed E-state index contributed by atoms with van der Waals surface area (Å²) in [6.45, 7) is 1.65. The summed E-state index contributed by atoms with van der Waals surface area (Å²) in [5.41, 5.74) is 0. The Balaban J connectivity index is 1.73. The average molecular weight is 204 g/mol. The number of nitrogens with one attached hydrogen (secondary N) is 1. The van der Waals surface area contributed by atoms with Gasteiger partial charge in [0.25, 0.3) is 0 Å². The van der Waals surface area contributed by atoms with Crippen LogP contribution in [0.3, 0.4) is 0 Å². The van der Waals surface area contributed by atoms with Gasteiger partial charge in [-0.1, -0.05) is 0 Å². The van der Waals surface area contributed by atoms with E-state index in [2.05, 4.69) is 21.3 Å². The smallest absolute Gasteiger partial charge is 0.164 e. The molecule has 1 fully saturated rings. The number of aryl methyl sites for hydroxylation is 1. The van der Waals surface area contributed by atoms with Crippen LogP contribution >= 0.6 is 0 Å². The van der Waals surface area contributed by atoms with E-state index in [1.807, 2.05) is 4.68 Å². The van der Waals surface area contributed by atoms with E-state index in [1.165, 1.54) is 12.8 Å². The van der Waals surface area contributed by atoms with Gasteiger partial charge in [0.15, 0.2) is 5.82 Å². The van der Waals surface area contributed by atoms with Crippen molar-refractivity contribution in [2.75, 3.05) is 0 Å². The van der Waals surface area contributed by atoms with E-state index in [4.69, 9.17) is 6.42 Å². The molecule has 0 unspecified atom stereocenters. The van der Waals surface area contributed by atoms with Crippen LogP contribution in [0, 0.1) is 12.3 Å². The standard InChI is InChI=1S/C11H16N4/c1-2-3-4-7-15-9-13-11(14-15)8-12-10-5-6-10/h1,9-10,12H,3-8H2. The van der Waals surface area contributed by atoms with Crippen LogP contribution in [0.15, 0.2) is 6.33 Å². The van der Waals surface area contributed by atoms with Gasteiger partial charge < -0.3 is 5.32 Å². The summed E-state index contributed by atoms with van der Waals surface area (Å²) >= 11 is 0. The predicted octanol–water partition coefficient (Wildman–Crippen LogP) is 0.943. The van der Waals surface area contributed by atoms with Crippen molar-refractivity contribution in [1.82, 2.24) is 20.1 Å². The number of hydrogen-bond donors (Lipinski definition) is 1. The highest BCUT2D eigenvalue weighted by atomic mass is 15.3. The molecule has 0 aromatic carbocycles. The van der Waals surface area contributed by atoms with E-state index in [9.17, 15) is 0 Å². The van der Waals surface area contributed by atoms with Gasteiger partial charge in [-0.3, -0.25) is 4.68 Å². The Morgan fingerprint density at radius 3 is 3.20 bits per heavy atom. The summed E-state index contributed by atoms with van der Waals surface area (Å²) in [7, 11) is 0. The summed E-state index contributed by atoms with van der Waals surface area (Å²) in [6, 6.07) is 0.707. The molecule has 1 aromatic heterocycles. The third kappa shape index (κ3) is 3.37. The average Bonchev–Trinajstić information content (AvgIpc) is 2.97. The molecule has 2 rings (SSSR count). The lowest BCUT2D eigenvalue weighted by atomic mass is 10.3. The maximum Gasteiger partial charge on any atom is 0.164 e. The lowest BCUT2D eigenvalue weighted by Crippen LogP contribution is -2.16. The molecule has 4 nitrogen and oxygen atoms in total. The van der Waals surface area contributed by atoms with E-state index in [-0.39, 0.29) is 0 Å². The lowest BCUT2D eigenvalue weighted by Gasteiger charge is -1.98. The highest BCUT2D eigenvalue weighted by Gasteiger charge is 2.20. The molecule has 0 spiro atoms. The first kappa shape index (κ1) is 10.2. The zero-order valence-electron chi connectivity index (χ0n) is 8.82. The van der Waals surface area contributed by atoms with Crippen LogP contribution in [0.25, 0.3) is 0 Å². The van der Waals surface area contributed by atoms with Crippen molar-refractivity contribution in [3.8, 4) is 12.3 Å². The van der Waals surface area contributed by atoms with Gasteiger partial charge in [0.2, 0.25) is 0 Å². The molecule has 1 heterocycles. The summed E-state index contributed by atoms with van der Waals surface area (Å²) in [6.07, 6.45) is 11.3. The maximum absolute atomic E-state index is 5.18. The Bertz CT molecular complexity index is 346. The van der Waals surface area contributed by atoms with Crippen molar-refractivity contribution in [3.05, 3.63) is 12.2 Å². The maximum atomic E-state index is 5.18. The van der Waals surface area contributed by atoms with Gasteiger partial charge in [0.05, 0.1) is 6.54 Å².